The molecule has 0 spiro atoms. The van der Waals surface area contributed by atoms with Gasteiger partial charge in [0.05, 0.1) is 29.7 Å². The van der Waals surface area contributed by atoms with Gasteiger partial charge in [-0.05, 0) is 18.6 Å². The van der Waals surface area contributed by atoms with Gasteiger partial charge in [0.2, 0.25) is 5.91 Å². The molecule has 2 amide bonds. The van der Waals surface area contributed by atoms with Crippen LogP contribution in [0.2, 0.25) is 0 Å². The molecule has 1 saturated heterocycles. The molecule has 0 bridgehead atoms. The highest BCUT2D eigenvalue weighted by Crippen LogP contribution is 2.25. The number of rotatable bonds is 4. The van der Waals surface area contributed by atoms with Crippen molar-refractivity contribution in [2.24, 2.45) is 5.92 Å². The number of fused-ring (bicyclic) bond motifs is 1. The quantitative estimate of drug-likeness (QED) is 0.887. The minimum Gasteiger partial charge on any atom is -0.396 e. The second-order valence-electron chi connectivity index (χ2n) is 6.59. The van der Waals surface area contributed by atoms with Crippen LogP contribution in [0.1, 0.15) is 22.5 Å². The third-order valence-corrected chi connectivity index (χ3v) is 4.95. The molecule has 130 valence electrons. The number of hydrogen-bond acceptors (Lipinski definition) is 4. The number of aromatic nitrogens is 2. The van der Waals surface area contributed by atoms with E-state index in [1.54, 1.807) is 20.7 Å². The highest BCUT2D eigenvalue weighted by Gasteiger charge is 2.35. The van der Waals surface area contributed by atoms with Gasteiger partial charge in [-0.2, -0.15) is 5.10 Å². The molecule has 3 heterocycles. The average molecular weight is 340 g/mol. The smallest absolute Gasteiger partial charge is 0.258 e. The number of likely N-dealkylation sites (tertiary alicyclic amines) is 1. The summed E-state index contributed by atoms with van der Waals surface area (Å²) in [7, 11) is 0. The number of aliphatic hydroxyl groups excluding tert-OH is 1. The topological polar surface area (TPSA) is 78.7 Å². The van der Waals surface area contributed by atoms with Crippen molar-refractivity contribution in [3.63, 3.8) is 0 Å². The number of aliphatic hydroxyl groups is 1. The summed E-state index contributed by atoms with van der Waals surface area (Å²) in [6.45, 7) is 1.77. The molecule has 0 saturated carbocycles. The number of hydrogen-bond donors (Lipinski definition) is 1. The molecule has 2 aliphatic rings. The minimum atomic E-state index is -0.150. The van der Waals surface area contributed by atoms with E-state index in [-0.39, 0.29) is 30.9 Å². The van der Waals surface area contributed by atoms with Crippen molar-refractivity contribution in [1.29, 1.82) is 0 Å². The molecular weight excluding hydrogens is 320 g/mol. The normalized spacial score (nSPS) is 19.6. The minimum absolute atomic E-state index is 0.0614. The molecule has 2 aromatic rings. The van der Waals surface area contributed by atoms with Gasteiger partial charge in [-0.15, -0.1) is 0 Å². The van der Waals surface area contributed by atoms with E-state index in [0.29, 0.717) is 25.2 Å². The molecule has 2 aliphatic heterocycles. The zero-order valence-corrected chi connectivity index (χ0v) is 13.8. The second-order valence-corrected chi connectivity index (χ2v) is 6.59. The fourth-order valence-corrected chi connectivity index (χ4v) is 3.52. The van der Waals surface area contributed by atoms with E-state index >= 15 is 0 Å². The summed E-state index contributed by atoms with van der Waals surface area (Å²) in [5.74, 6) is -0.0563. The van der Waals surface area contributed by atoms with E-state index in [1.165, 1.54) is 0 Å². The van der Waals surface area contributed by atoms with E-state index in [9.17, 15) is 14.7 Å². The van der Waals surface area contributed by atoms with Crippen molar-refractivity contribution in [2.45, 2.75) is 13.0 Å². The lowest BCUT2D eigenvalue weighted by Gasteiger charge is -2.21. The Morgan fingerprint density at radius 1 is 1.28 bits per heavy atom. The van der Waals surface area contributed by atoms with Crippen molar-refractivity contribution in [3.05, 3.63) is 47.8 Å². The van der Waals surface area contributed by atoms with Crippen LogP contribution in [0.3, 0.4) is 0 Å². The summed E-state index contributed by atoms with van der Waals surface area (Å²) in [4.78, 5) is 28.3. The average Bonchev–Trinajstić information content (AvgIpc) is 3.33. The summed E-state index contributed by atoms with van der Waals surface area (Å²) in [5, 5.41) is 13.5. The van der Waals surface area contributed by atoms with Crippen LogP contribution in [-0.4, -0.2) is 62.7 Å². The molecule has 1 unspecified atom stereocenters. The van der Waals surface area contributed by atoms with Crippen molar-refractivity contribution >= 4 is 11.8 Å². The molecular formula is C18H20N4O3. The first-order valence-electron chi connectivity index (χ1n) is 8.47. The number of carbonyl (C=O) groups is 2. The van der Waals surface area contributed by atoms with E-state index < -0.39 is 0 Å². The number of amides is 2. The van der Waals surface area contributed by atoms with Crippen molar-refractivity contribution in [2.75, 3.05) is 26.2 Å². The van der Waals surface area contributed by atoms with Crippen LogP contribution in [0.4, 0.5) is 0 Å². The Morgan fingerprint density at radius 3 is 2.80 bits per heavy atom. The first-order chi connectivity index (χ1) is 12.2. The monoisotopic (exact) mass is 340 g/mol. The number of nitrogens with zero attached hydrogens (tertiary/aromatic N) is 4. The Hall–Kier alpha value is -2.67. The van der Waals surface area contributed by atoms with Gasteiger partial charge >= 0.3 is 0 Å². The Morgan fingerprint density at radius 2 is 2.08 bits per heavy atom. The molecule has 0 radical (unpaired) electrons. The first kappa shape index (κ1) is 15.8. The largest absolute Gasteiger partial charge is 0.396 e. The molecule has 25 heavy (non-hydrogen) atoms. The lowest BCUT2D eigenvalue weighted by Crippen LogP contribution is -2.39. The van der Waals surface area contributed by atoms with E-state index in [1.807, 2.05) is 30.3 Å². The predicted molar refractivity (Wildman–Crippen MR) is 90.1 cm³/mol. The van der Waals surface area contributed by atoms with Crippen LogP contribution in [0, 0.1) is 5.92 Å². The Labute approximate surface area is 145 Å². The SMILES string of the molecule is O=C(CN1Cc2c(cnn2-c2ccccc2)C1=O)N1CCC(CO)C1. The van der Waals surface area contributed by atoms with E-state index in [0.717, 1.165) is 17.8 Å². The predicted octanol–water partition coefficient (Wildman–Crippen LogP) is 0.669. The van der Waals surface area contributed by atoms with Gasteiger partial charge in [0, 0.05) is 25.6 Å². The molecule has 7 heteroatoms. The molecule has 1 atom stereocenters. The van der Waals surface area contributed by atoms with Crippen LogP contribution < -0.4 is 0 Å². The summed E-state index contributed by atoms with van der Waals surface area (Å²) in [6.07, 6.45) is 2.40. The molecule has 0 aliphatic carbocycles. The third-order valence-electron chi connectivity index (χ3n) is 4.95. The Kier molecular flexibility index (Phi) is 4.01. The lowest BCUT2D eigenvalue weighted by atomic mass is 10.1. The van der Waals surface area contributed by atoms with Crippen molar-refractivity contribution in [3.8, 4) is 5.69 Å². The summed E-state index contributed by atoms with van der Waals surface area (Å²) >= 11 is 0. The van der Waals surface area contributed by atoms with Gasteiger partial charge in [-0.3, -0.25) is 9.59 Å². The first-order valence-corrected chi connectivity index (χ1v) is 8.47. The van der Waals surface area contributed by atoms with Gasteiger partial charge in [0.1, 0.15) is 6.54 Å². The van der Waals surface area contributed by atoms with Crippen molar-refractivity contribution in [1.82, 2.24) is 19.6 Å². The van der Waals surface area contributed by atoms with Crippen LogP contribution in [-0.2, 0) is 11.3 Å². The molecule has 1 N–H and O–H groups in total. The van der Waals surface area contributed by atoms with E-state index in [2.05, 4.69) is 5.10 Å². The van der Waals surface area contributed by atoms with Gasteiger partial charge < -0.3 is 14.9 Å². The van der Waals surface area contributed by atoms with Gasteiger partial charge in [0.25, 0.3) is 5.91 Å². The van der Waals surface area contributed by atoms with Gasteiger partial charge in [-0.25, -0.2) is 4.68 Å². The summed E-state index contributed by atoms with van der Waals surface area (Å²) in [6, 6.07) is 9.65. The van der Waals surface area contributed by atoms with Crippen LogP contribution in [0.25, 0.3) is 5.69 Å². The van der Waals surface area contributed by atoms with Gasteiger partial charge in [-0.1, -0.05) is 18.2 Å². The summed E-state index contributed by atoms with van der Waals surface area (Å²) < 4.78 is 1.76. The molecule has 7 nitrogen and oxygen atoms in total. The summed E-state index contributed by atoms with van der Waals surface area (Å²) in [5.41, 5.74) is 2.28. The van der Waals surface area contributed by atoms with Gasteiger partial charge in [0.15, 0.2) is 0 Å². The van der Waals surface area contributed by atoms with E-state index in [4.69, 9.17) is 0 Å². The fraction of sp³-hybridized carbons (Fsp3) is 0.389. The molecule has 1 aromatic heterocycles. The number of carbonyl (C=O) groups excluding carboxylic acids is 2. The maximum absolute atomic E-state index is 12.6. The molecule has 4 rings (SSSR count). The zero-order chi connectivity index (χ0) is 17.4. The molecule has 1 aromatic carbocycles. The van der Waals surface area contributed by atoms with Crippen LogP contribution in [0.15, 0.2) is 36.5 Å². The Balaban J connectivity index is 1.48. The van der Waals surface area contributed by atoms with Crippen molar-refractivity contribution < 1.29 is 14.7 Å². The standard InChI is InChI=1S/C18H20N4O3/c23-12-13-6-7-20(9-13)17(24)11-21-10-16-15(18(21)25)8-19-22(16)14-4-2-1-3-5-14/h1-5,8,13,23H,6-7,9-12H2. The highest BCUT2D eigenvalue weighted by atomic mass is 16.3. The fourth-order valence-electron chi connectivity index (χ4n) is 3.52. The zero-order valence-electron chi connectivity index (χ0n) is 13.8. The third kappa shape index (κ3) is 2.80. The number of para-hydroxylation sites is 1. The molecule has 1 fully saturated rings. The van der Waals surface area contributed by atoms with Crippen LogP contribution in [0.5, 0.6) is 0 Å². The van der Waals surface area contributed by atoms with Crippen LogP contribution >= 0.6 is 0 Å². The Bertz CT molecular complexity index is 802. The number of benzene rings is 1. The maximum atomic E-state index is 12.6. The highest BCUT2D eigenvalue weighted by molar-refractivity contribution is 5.99. The maximum Gasteiger partial charge on any atom is 0.258 e. The lowest BCUT2D eigenvalue weighted by molar-refractivity contribution is -0.131. The second kappa shape index (κ2) is 6.33.